The highest BCUT2D eigenvalue weighted by molar-refractivity contribution is 6.13. The van der Waals surface area contributed by atoms with Crippen LogP contribution in [0.5, 0.6) is 0 Å². The molecule has 0 fully saturated rings. The molecule has 0 saturated carbocycles. The molecule has 0 unspecified atom stereocenters. The molecular weight excluding hydrogens is 536 g/mol. The summed E-state index contributed by atoms with van der Waals surface area (Å²) in [7, 11) is 0. The molecule has 0 aliphatic rings. The summed E-state index contributed by atoms with van der Waals surface area (Å²) in [5.41, 5.74) is 6.00. The lowest BCUT2D eigenvalue weighted by atomic mass is 9.96. The van der Waals surface area contributed by atoms with Gasteiger partial charge in [0.05, 0.1) is 6.54 Å². The molecule has 1 heterocycles. The van der Waals surface area contributed by atoms with E-state index in [9.17, 15) is 0 Å². The predicted molar refractivity (Wildman–Crippen MR) is 187 cm³/mol. The van der Waals surface area contributed by atoms with E-state index in [0.717, 1.165) is 49.9 Å². The summed E-state index contributed by atoms with van der Waals surface area (Å²) < 4.78 is 6.41. The molecule has 1 aromatic heterocycles. The van der Waals surface area contributed by atoms with Gasteiger partial charge in [0.25, 0.3) is 0 Å². The number of nitrogens with zero attached hydrogens (tertiary/aromatic N) is 2. The van der Waals surface area contributed by atoms with Gasteiger partial charge >= 0.3 is 0 Å². The van der Waals surface area contributed by atoms with Gasteiger partial charge in [0, 0.05) is 22.7 Å². The fraction of sp³-hybridized carbons (Fsp3) is 0.0244. The second kappa shape index (κ2) is 12.2. The number of amidine groups is 1. The van der Waals surface area contributed by atoms with Gasteiger partial charge in [-0.25, -0.2) is 4.99 Å². The lowest BCUT2D eigenvalue weighted by molar-refractivity contribution is 0.603. The number of fused-ring (bicyclic) bond motifs is 3. The molecule has 0 aliphatic carbocycles. The molecule has 0 saturated heterocycles. The van der Waals surface area contributed by atoms with Crippen LogP contribution < -0.4 is 0 Å². The maximum atomic E-state index is 6.41. The molecule has 3 heteroatoms. The largest absolute Gasteiger partial charge is 0.456 e. The van der Waals surface area contributed by atoms with Crippen LogP contribution in [0.2, 0.25) is 0 Å². The lowest BCUT2D eigenvalue weighted by Crippen LogP contribution is -2.00. The molecule has 7 aromatic rings. The lowest BCUT2D eigenvalue weighted by Gasteiger charge is -2.07. The van der Waals surface area contributed by atoms with Crippen LogP contribution in [0.4, 0.5) is 0 Å². The Labute approximate surface area is 256 Å². The van der Waals surface area contributed by atoms with Gasteiger partial charge in [-0.2, -0.15) is 0 Å². The Bertz CT molecular complexity index is 2220. The first-order chi connectivity index (χ1) is 21.8. The Morgan fingerprint density at radius 1 is 0.682 bits per heavy atom. The molecule has 0 N–H and O–H groups in total. The average molecular weight is 567 g/mol. The maximum absolute atomic E-state index is 6.41. The SMILES string of the molecule is C=C/C=C\c1oc2cccc(-c3ccc4ccccc4c3)c2c1C=NC(=NCc1ccccc1)c1ccc2ccccc2c1. The highest BCUT2D eigenvalue weighted by Gasteiger charge is 2.16. The zero-order valence-electron chi connectivity index (χ0n) is 24.2. The molecule has 0 aliphatic heterocycles. The third-order valence-electron chi connectivity index (χ3n) is 7.80. The molecule has 0 spiro atoms. The van der Waals surface area contributed by atoms with Crippen molar-refractivity contribution in [3.63, 3.8) is 0 Å². The Balaban J connectivity index is 1.39. The highest BCUT2D eigenvalue weighted by atomic mass is 16.3. The van der Waals surface area contributed by atoms with E-state index < -0.39 is 0 Å². The molecular formula is C41H30N2O. The van der Waals surface area contributed by atoms with E-state index >= 15 is 0 Å². The molecule has 0 bridgehead atoms. The first-order valence-corrected chi connectivity index (χ1v) is 14.7. The fourth-order valence-corrected chi connectivity index (χ4v) is 5.61. The molecule has 44 heavy (non-hydrogen) atoms. The summed E-state index contributed by atoms with van der Waals surface area (Å²) >= 11 is 0. The second-order valence-electron chi connectivity index (χ2n) is 10.7. The van der Waals surface area contributed by atoms with Crippen molar-refractivity contribution in [3.8, 4) is 11.1 Å². The Kier molecular flexibility index (Phi) is 7.51. The first kappa shape index (κ1) is 27.1. The number of rotatable bonds is 7. The molecule has 7 rings (SSSR count). The van der Waals surface area contributed by atoms with Crippen LogP contribution in [0.3, 0.4) is 0 Å². The fourth-order valence-electron chi connectivity index (χ4n) is 5.61. The van der Waals surface area contributed by atoms with Crippen LogP contribution in [-0.2, 0) is 6.54 Å². The normalized spacial score (nSPS) is 12.2. The third kappa shape index (κ3) is 5.51. The van der Waals surface area contributed by atoms with E-state index in [2.05, 4.69) is 110 Å². The standard InChI is InChI=1S/C41H30N2O/c1-2-3-19-38-37(40-36(18-11-20-39(40)44-38)34-23-21-30-14-7-9-16-32(30)25-34)28-43-41(42-27-29-12-5-4-6-13-29)35-24-22-31-15-8-10-17-33(31)26-35/h2-26,28H,1,27H2/b19-3-,42-41?,43-28?. The quantitative estimate of drug-likeness (QED) is 0.107. The van der Waals surface area contributed by atoms with Gasteiger partial charge in [-0.3, -0.25) is 4.99 Å². The van der Waals surface area contributed by atoms with E-state index in [1.165, 1.54) is 16.2 Å². The summed E-state index contributed by atoms with van der Waals surface area (Å²) in [6, 6.07) is 46.2. The molecule has 210 valence electrons. The minimum Gasteiger partial charge on any atom is -0.456 e. The van der Waals surface area contributed by atoms with Crippen molar-refractivity contribution in [2.24, 2.45) is 9.98 Å². The van der Waals surface area contributed by atoms with E-state index in [1.807, 2.05) is 48.7 Å². The van der Waals surface area contributed by atoms with E-state index in [0.29, 0.717) is 12.4 Å². The van der Waals surface area contributed by atoms with Crippen molar-refractivity contribution in [1.82, 2.24) is 0 Å². The monoisotopic (exact) mass is 566 g/mol. The van der Waals surface area contributed by atoms with Crippen LogP contribution in [0.25, 0.3) is 49.7 Å². The smallest absolute Gasteiger partial charge is 0.154 e. The minimum atomic E-state index is 0.526. The molecule has 0 amide bonds. The van der Waals surface area contributed by atoms with E-state index in [4.69, 9.17) is 14.4 Å². The number of allylic oxidation sites excluding steroid dienone is 2. The van der Waals surface area contributed by atoms with Crippen molar-refractivity contribution >= 4 is 50.6 Å². The van der Waals surface area contributed by atoms with Gasteiger partial charge in [0.1, 0.15) is 11.3 Å². The highest BCUT2D eigenvalue weighted by Crippen LogP contribution is 2.36. The molecule has 3 nitrogen and oxygen atoms in total. The van der Waals surface area contributed by atoms with Crippen LogP contribution in [0.1, 0.15) is 22.5 Å². The van der Waals surface area contributed by atoms with Gasteiger partial charge in [-0.1, -0.05) is 134 Å². The first-order valence-electron chi connectivity index (χ1n) is 14.7. The number of aliphatic imine (C=N–C) groups is 2. The average Bonchev–Trinajstić information content (AvgIpc) is 3.44. The summed E-state index contributed by atoms with van der Waals surface area (Å²) in [6.07, 6.45) is 7.48. The topological polar surface area (TPSA) is 37.9 Å². The number of furan rings is 1. The van der Waals surface area contributed by atoms with E-state index in [1.54, 1.807) is 6.08 Å². The van der Waals surface area contributed by atoms with Crippen LogP contribution in [-0.4, -0.2) is 12.1 Å². The van der Waals surface area contributed by atoms with Gasteiger partial charge < -0.3 is 4.42 Å². The van der Waals surface area contributed by atoms with Crippen LogP contribution in [0, 0.1) is 0 Å². The molecule has 0 atom stereocenters. The summed E-state index contributed by atoms with van der Waals surface area (Å²) in [6.45, 7) is 4.39. The van der Waals surface area contributed by atoms with Crippen LogP contribution in [0.15, 0.2) is 167 Å². The van der Waals surface area contributed by atoms with Crippen molar-refractivity contribution in [2.45, 2.75) is 6.54 Å². The summed E-state index contributed by atoms with van der Waals surface area (Å²) in [4.78, 5) is 10.1. The van der Waals surface area contributed by atoms with Crippen molar-refractivity contribution in [2.75, 3.05) is 0 Å². The predicted octanol–water partition coefficient (Wildman–Crippen LogP) is 10.7. The molecule has 6 aromatic carbocycles. The van der Waals surface area contributed by atoms with Gasteiger partial charge in [-0.15, -0.1) is 0 Å². The second-order valence-corrected chi connectivity index (χ2v) is 10.7. The molecule has 0 radical (unpaired) electrons. The third-order valence-corrected chi connectivity index (χ3v) is 7.80. The van der Waals surface area contributed by atoms with Gasteiger partial charge in [0.15, 0.2) is 5.84 Å². The Morgan fingerprint density at radius 2 is 1.39 bits per heavy atom. The maximum Gasteiger partial charge on any atom is 0.154 e. The number of hydrogen-bond donors (Lipinski definition) is 0. The van der Waals surface area contributed by atoms with Gasteiger partial charge in [-0.05, 0) is 62.5 Å². The zero-order chi connectivity index (χ0) is 29.7. The minimum absolute atomic E-state index is 0.526. The Morgan fingerprint density at radius 3 is 2.16 bits per heavy atom. The van der Waals surface area contributed by atoms with Crippen molar-refractivity contribution < 1.29 is 4.42 Å². The number of hydrogen-bond acceptors (Lipinski definition) is 2. The van der Waals surface area contributed by atoms with Crippen LogP contribution >= 0.6 is 0 Å². The summed E-state index contributed by atoms with van der Waals surface area (Å²) in [5, 5.41) is 5.74. The van der Waals surface area contributed by atoms with Crippen molar-refractivity contribution in [3.05, 3.63) is 175 Å². The van der Waals surface area contributed by atoms with Gasteiger partial charge in [0.2, 0.25) is 0 Å². The zero-order valence-corrected chi connectivity index (χ0v) is 24.2. The summed E-state index contributed by atoms with van der Waals surface area (Å²) in [5.74, 6) is 1.38. The van der Waals surface area contributed by atoms with E-state index in [-0.39, 0.29) is 0 Å². The number of benzene rings is 6. The van der Waals surface area contributed by atoms with Crippen molar-refractivity contribution in [1.29, 1.82) is 0 Å². The Hall–Kier alpha value is -5.80.